The Bertz CT molecular complexity index is 874. The second kappa shape index (κ2) is 8.74. The molecule has 152 valence electrons. The number of hydrogen-bond acceptors (Lipinski definition) is 4. The van der Waals surface area contributed by atoms with Gasteiger partial charge < -0.3 is 4.74 Å². The molecule has 1 atom stereocenters. The first-order valence-electron chi connectivity index (χ1n) is 10.2. The van der Waals surface area contributed by atoms with E-state index in [1.54, 1.807) is 24.3 Å². The Morgan fingerprint density at radius 3 is 2.41 bits per heavy atom. The minimum absolute atomic E-state index is 0.00950. The fourth-order valence-corrected chi connectivity index (χ4v) is 4.02. The van der Waals surface area contributed by atoms with E-state index in [0.717, 1.165) is 48.5 Å². The maximum absolute atomic E-state index is 13.4. The van der Waals surface area contributed by atoms with E-state index in [-0.39, 0.29) is 17.8 Å². The van der Waals surface area contributed by atoms with E-state index in [4.69, 9.17) is 9.84 Å². The number of carbonyl (C=O) groups excluding carboxylic acids is 1. The van der Waals surface area contributed by atoms with Gasteiger partial charge in [-0.15, -0.1) is 0 Å². The summed E-state index contributed by atoms with van der Waals surface area (Å²) >= 11 is 0. The third-order valence-corrected chi connectivity index (χ3v) is 5.65. The summed E-state index contributed by atoms with van der Waals surface area (Å²) in [5.74, 6) is 0.486. The number of likely N-dealkylation sites (tertiary alicyclic amines) is 1. The molecule has 4 rings (SSSR count). The van der Waals surface area contributed by atoms with Crippen LogP contribution >= 0.6 is 0 Å². The van der Waals surface area contributed by atoms with E-state index in [0.29, 0.717) is 13.0 Å². The van der Waals surface area contributed by atoms with Gasteiger partial charge in [-0.1, -0.05) is 18.6 Å². The number of piperidine rings is 1. The van der Waals surface area contributed by atoms with Gasteiger partial charge in [0, 0.05) is 6.42 Å². The summed E-state index contributed by atoms with van der Waals surface area (Å²) in [5, 5.41) is 6.30. The second-order valence-corrected chi connectivity index (χ2v) is 7.62. The summed E-state index contributed by atoms with van der Waals surface area (Å²) in [6, 6.07) is 13.8. The van der Waals surface area contributed by atoms with Crippen LogP contribution in [0, 0.1) is 5.82 Å². The fraction of sp³-hybridized carbons (Fsp3) is 0.391. The summed E-state index contributed by atoms with van der Waals surface area (Å²) in [6.45, 7) is 2.28. The highest BCUT2D eigenvalue weighted by Crippen LogP contribution is 2.33. The smallest absolute Gasteiger partial charge is 0.257 e. The zero-order valence-corrected chi connectivity index (χ0v) is 16.7. The number of halogens is 1. The lowest BCUT2D eigenvalue weighted by Crippen LogP contribution is -2.40. The van der Waals surface area contributed by atoms with Gasteiger partial charge in [-0.3, -0.25) is 9.69 Å². The van der Waals surface area contributed by atoms with Crippen molar-refractivity contribution in [3.8, 4) is 5.75 Å². The number of benzene rings is 2. The van der Waals surface area contributed by atoms with E-state index >= 15 is 0 Å². The molecule has 0 spiro atoms. The molecule has 0 radical (unpaired) electrons. The third-order valence-electron chi connectivity index (χ3n) is 5.65. The molecule has 2 aliphatic rings. The molecule has 6 heteroatoms. The topological polar surface area (TPSA) is 45.1 Å². The van der Waals surface area contributed by atoms with Crippen LogP contribution in [0.15, 0.2) is 53.6 Å². The van der Waals surface area contributed by atoms with Crippen LogP contribution in [-0.2, 0) is 4.79 Å². The first kappa shape index (κ1) is 19.6. The third kappa shape index (κ3) is 4.48. The van der Waals surface area contributed by atoms with Gasteiger partial charge in [0.25, 0.3) is 5.91 Å². The average molecular weight is 395 g/mol. The van der Waals surface area contributed by atoms with Gasteiger partial charge >= 0.3 is 0 Å². The van der Waals surface area contributed by atoms with E-state index < -0.39 is 0 Å². The van der Waals surface area contributed by atoms with Gasteiger partial charge in [0.1, 0.15) is 11.6 Å². The van der Waals surface area contributed by atoms with Crippen molar-refractivity contribution in [1.29, 1.82) is 0 Å². The molecule has 1 saturated heterocycles. The number of rotatable bonds is 5. The SMILES string of the molecule is COc1ccc(C2=NN(C(=O)CN3CCCCC3)C(c3ccc(F)cc3)C2)cc1. The predicted octanol–water partition coefficient (Wildman–Crippen LogP) is 4.00. The van der Waals surface area contributed by atoms with E-state index in [9.17, 15) is 9.18 Å². The molecule has 1 unspecified atom stereocenters. The van der Waals surface area contributed by atoms with Crippen LogP contribution < -0.4 is 4.74 Å². The Morgan fingerprint density at radius 1 is 1.07 bits per heavy atom. The molecular formula is C23H26FN3O2. The van der Waals surface area contributed by atoms with Crippen LogP contribution in [0.25, 0.3) is 0 Å². The van der Waals surface area contributed by atoms with Crippen LogP contribution in [0.5, 0.6) is 5.75 Å². The van der Waals surface area contributed by atoms with Crippen molar-refractivity contribution in [2.24, 2.45) is 5.10 Å². The summed E-state index contributed by atoms with van der Waals surface area (Å²) in [4.78, 5) is 15.3. The number of hydrogen-bond donors (Lipinski definition) is 0. The van der Waals surface area contributed by atoms with Crippen LogP contribution in [0.4, 0.5) is 4.39 Å². The molecular weight excluding hydrogens is 369 g/mol. The highest BCUT2D eigenvalue weighted by Gasteiger charge is 2.33. The Balaban J connectivity index is 1.59. The van der Waals surface area contributed by atoms with E-state index in [1.807, 2.05) is 24.3 Å². The van der Waals surface area contributed by atoms with Crippen LogP contribution in [0.3, 0.4) is 0 Å². The van der Waals surface area contributed by atoms with Crippen molar-refractivity contribution < 1.29 is 13.9 Å². The Hall–Kier alpha value is -2.73. The maximum atomic E-state index is 13.4. The zero-order valence-electron chi connectivity index (χ0n) is 16.7. The zero-order chi connectivity index (χ0) is 20.2. The molecule has 0 N–H and O–H groups in total. The first-order chi connectivity index (χ1) is 14.1. The number of hydrazone groups is 1. The Morgan fingerprint density at radius 2 is 1.76 bits per heavy atom. The summed E-state index contributed by atoms with van der Waals surface area (Å²) in [7, 11) is 1.63. The first-order valence-corrected chi connectivity index (χ1v) is 10.2. The molecule has 5 nitrogen and oxygen atoms in total. The molecule has 2 aliphatic heterocycles. The molecule has 1 amide bonds. The predicted molar refractivity (Wildman–Crippen MR) is 110 cm³/mol. The lowest BCUT2D eigenvalue weighted by atomic mass is 9.98. The largest absolute Gasteiger partial charge is 0.497 e. The van der Waals surface area contributed by atoms with Gasteiger partial charge in [0.15, 0.2) is 0 Å². The molecule has 0 aromatic heterocycles. The normalized spacial score (nSPS) is 19.9. The summed E-state index contributed by atoms with van der Waals surface area (Å²) in [5.41, 5.74) is 2.71. The molecule has 2 heterocycles. The lowest BCUT2D eigenvalue weighted by Gasteiger charge is -2.29. The number of amides is 1. The lowest BCUT2D eigenvalue weighted by molar-refractivity contribution is -0.134. The fourth-order valence-electron chi connectivity index (χ4n) is 4.02. The van der Waals surface area contributed by atoms with Gasteiger partial charge in [-0.25, -0.2) is 9.40 Å². The molecule has 2 aromatic rings. The van der Waals surface area contributed by atoms with Crippen molar-refractivity contribution in [3.63, 3.8) is 0 Å². The maximum Gasteiger partial charge on any atom is 0.257 e. The van der Waals surface area contributed by atoms with Gasteiger partial charge in [-0.2, -0.15) is 5.10 Å². The average Bonchev–Trinajstić information content (AvgIpc) is 3.21. The van der Waals surface area contributed by atoms with E-state index in [2.05, 4.69) is 4.90 Å². The number of methoxy groups -OCH3 is 1. The van der Waals surface area contributed by atoms with E-state index in [1.165, 1.54) is 18.6 Å². The molecule has 29 heavy (non-hydrogen) atoms. The monoisotopic (exact) mass is 395 g/mol. The van der Waals surface area contributed by atoms with Crippen molar-refractivity contribution >= 4 is 11.6 Å². The minimum Gasteiger partial charge on any atom is -0.497 e. The molecule has 0 bridgehead atoms. The van der Waals surface area contributed by atoms with Crippen molar-refractivity contribution in [2.75, 3.05) is 26.7 Å². The van der Waals surface area contributed by atoms with Crippen molar-refractivity contribution in [1.82, 2.24) is 9.91 Å². The Kier molecular flexibility index (Phi) is 5.90. The quantitative estimate of drug-likeness (QED) is 0.769. The van der Waals surface area contributed by atoms with Gasteiger partial charge in [0.2, 0.25) is 0 Å². The van der Waals surface area contributed by atoms with Gasteiger partial charge in [-0.05, 0) is 73.5 Å². The van der Waals surface area contributed by atoms with Crippen molar-refractivity contribution in [2.45, 2.75) is 31.7 Å². The molecule has 0 aliphatic carbocycles. The van der Waals surface area contributed by atoms with Crippen LogP contribution in [-0.4, -0.2) is 48.3 Å². The summed E-state index contributed by atoms with van der Waals surface area (Å²) in [6.07, 6.45) is 4.10. The summed E-state index contributed by atoms with van der Waals surface area (Å²) < 4.78 is 18.7. The number of nitrogens with zero attached hydrogens (tertiary/aromatic N) is 3. The number of carbonyl (C=O) groups is 1. The molecule has 1 fully saturated rings. The van der Waals surface area contributed by atoms with Gasteiger partial charge in [0.05, 0.1) is 25.4 Å². The second-order valence-electron chi connectivity index (χ2n) is 7.62. The Labute approximate surface area is 170 Å². The van der Waals surface area contributed by atoms with Crippen LogP contribution in [0.1, 0.15) is 42.9 Å². The highest BCUT2D eigenvalue weighted by molar-refractivity contribution is 6.03. The molecule has 0 saturated carbocycles. The van der Waals surface area contributed by atoms with Crippen molar-refractivity contribution in [3.05, 3.63) is 65.5 Å². The minimum atomic E-state index is -0.283. The number of ether oxygens (including phenoxy) is 1. The molecule has 2 aromatic carbocycles. The standard InChI is InChI=1S/C23H26FN3O2/c1-29-20-11-7-17(8-12-20)21-15-22(18-5-9-19(24)10-6-18)27(25-21)23(28)16-26-13-3-2-4-14-26/h5-12,22H,2-4,13-16H2,1H3. The highest BCUT2D eigenvalue weighted by atomic mass is 19.1. The van der Waals surface area contributed by atoms with Crippen LogP contribution in [0.2, 0.25) is 0 Å².